The number of aliphatic imine (C=N–C) groups is 1. The Bertz CT molecular complexity index is 546. The number of nitrogens with zero attached hydrogens (tertiary/aromatic N) is 2. The fourth-order valence-corrected chi connectivity index (χ4v) is 4.17. The summed E-state index contributed by atoms with van der Waals surface area (Å²) in [7, 11) is 1.85. The minimum atomic E-state index is 0. The zero-order chi connectivity index (χ0) is 16.1. The van der Waals surface area contributed by atoms with Gasteiger partial charge in [0.25, 0.3) is 0 Å². The average molecular weight is 507 g/mol. The Morgan fingerprint density at radius 3 is 2.79 bits per heavy atom. The van der Waals surface area contributed by atoms with E-state index in [1.54, 1.807) is 0 Å². The van der Waals surface area contributed by atoms with Gasteiger partial charge in [0.1, 0.15) is 0 Å². The first-order valence-corrected chi connectivity index (χ1v) is 9.49. The van der Waals surface area contributed by atoms with Gasteiger partial charge in [-0.2, -0.15) is 0 Å². The van der Waals surface area contributed by atoms with Crippen LogP contribution in [0.4, 0.5) is 0 Å². The van der Waals surface area contributed by atoms with Gasteiger partial charge in [0, 0.05) is 43.2 Å². The van der Waals surface area contributed by atoms with E-state index in [4.69, 9.17) is 0 Å². The van der Waals surface area contributed by atoms with Crippen LogP contribution in [0.1, 0.15) is 37.7 Å². The second kappa shape index (κ2) is 9.97. The Kier molecular flexibility index (Phi) is 8.30. The molecule has 134 valence electrons. The number of guanidine groups is 1. The SMILES string of the molecule is CN=C(NCc1cccc(Br)c1)NC1CCN(C2CCCC2)C1.I. The first-order chi connectivity index (χ1) is 11.2. The van der Waals surface area contributed by atoms with E-state index in [0.717, 1.165) is 29.6 Å². The van der Waals surface area contributed by atoms with Crippen molar-refractivity contribution in [3.63, 3.8) is 0 Å². The van der Waals surface area contributed by atoms with E-state index >= 15 is 0 Å². The molecule has 0 radical (unpaired) electrons. The Balaban J connectivity index is 0.00000208. The van der Waals surface area contributed by atoms with E-state index in [0.29, 0.717) is 6.04 Å². The summed E-state index contributed by atoms with van der Waals surface area (Å²) in [5.74, 6) is 0.906. The molecule has 0 aromatic heterocycles. The lowest BCUT2D eigenvalue weighted by Crippen LogP contribution is -2.45. The molecule has 2 aliphatic rings. The van der Waals surface area contributed by atoms with Crippen LogP contribution in [0.25, 0.3) is 0 Å². The van der Waals surface area contributed by atoms with Crippen LogP contribution in [0.5, 0.6) is 0 Å². The lowest BCUT2D eigenvalue weighted by molar-refractivity contribution is 0.242. The zero-order valence-electron chi connectivity index (χ0n) is 14.3. The third-order valence-corrected chi connectivity index (χ3v) is 5.47. The molecule has 4 nitrogen and oxygen atoms in total. The van der Waals surface area contributed by atoms with Gasteiger partial charge in [-0.25, -0.2) is 0 Å². The number of hydrogen-bond acceptors (Lipinski definition) is 2. The molecule has 0 amide bonds. The molecule has 1 aromatic rings. The Hall–Kier alpha value is -0.340. The summed E-state index contributed by atoms with van der Waals surface area (Å²) in [5, 5.41) is 7.01. The highest BCUT2D eigenvalue weighted by Crippen LogP contribution is 2.26. The molecule has 1 saturated carbocycles. The number of likely N-dealkylation sites (tertiary alicyclic amines) is 1. The van der Waals surface area contributed by atoms with Gasteiger partial charge >= 0.3 is 0 Å². The van der Waals surface area contributed by atoms with Gasteiger partial charge in [-0.3, -0.25) is 9.89 Å². The van der Waals surface area contributed by atoms with Gasteiger partial charge in [-0.05, 0) is 37.0 Å². The van der Waals surface area contributed by atoms with Crippen molar-refractivity contribution in [3.8, 4) is 0 Å². The topological polar surface area (TPSA) is 39.7 Å². The van der Waals surface area contributed by atoms with Crippen LogP contribution in [0, 0.1) is 0 Å². The van der Waals surface area contributed by atoms with Crippen LogP contribution in [0.15, 0.2) is 33.7 Å². The minimum absolute atomic E-state index is 0. The predicted molar refractivity (Wildman–Crippen MR) is 115 cm³/mol. The van der Waals surface area contributed by atoms with Crippen molar-refractivity contribution in [2.24, 2.45) is 4.99 Å². The second-order valence-electron chi connectivity index (χ2n) is 6.62. The summed E-state index contributed by atoms with van der Waals surface area (Å²) in [5.41, 5.74) is 1.25. The molecular weight excluding hydrogens is 479 g/mol. The van der Waals surface area contributed by atoms with E-state index in [1.807, 2.05) is 13.1 Å². The molecule has 2 fully saturated rings. The van der Waals surface area contributed by atoms with E-state index in [-0.39, 0.29) is 24.0 Å². The van der Waals surface area contributed by atoms with Gasteiger partial charge in [-0.1, -0.05) is 40.9 Å². The largest absolute Gasteiger partial charge is 0.352 e. The number of hydrogen-bond donors (Lipinski definition) is 2. The first-order valence-electron chi connectivity index (χ1n) is 8.70. The normalized spacial score (nSPS) is 22.4. The van der Waals surface area contributed by atoms with Gasteiger partial charge in [-0.15, -0.1) is 24.0 Å². The van der Waals surface area contributed by atoms with Crippen LogP contribution >= 0.6 is 39.9 Å². The third kappa shape index (κ3) is 5.59. The van der Waals surface area contributed by atoms with Crippen LogP contribution in [0.3, 0.4) is 0 Å². The molecule has 24 heavy (non-hydrogen) atoms. The van der Waals surface area contributed by atoms with E-state index in [9.17, 15) is 0 Å². The third-order valence-electron chi connectivity index (χ3n) is 4.97. The monoisotopic (exact) mass is 506 g/mol. The summed E-state index contributed by atoms with van der Waals surface area (Å²) in [6, 6.07) is 9.73. The molecule has 1 aliphatic carbocycles. The van der Waals surface area contributed by atoms with Gasteiger partial charge in [0.2, 0.25) is 0 Å². The quantitative estimate of drug-likeness (QED) is 0.371. The van der Waals surface area contributed by atoms with E-state index in [1.165, 1.54) is 44.2 Å². The van der Waals surface area contributed by atoms with Crippen LogP contribution in [0.2, 0.25) is 0 Å². The van der Waals surface area contributed by atoms with Crippen molar-refractivity contribution in [3.05, 3.63) is 34.3 Å². The second-order valence-corrected chi connectivity index (χ2v) is 7.53. The van der Waals surface area contributed by atoms with Crippen LogP contribution < -0.4 is 10.6 Å². The van der Waals surface area contributed by atoms with Crippen molar-refractivity contribution >= 4 is 45.9 Å². The smallest absolute Gasteiger partial charge is 0.191 e. The van der Waals surface area contributed by atoms with Crippen molar-refractivity contribution in [1.82, 2.24) is 15.5 Å². The number of nitrogens with one attached hydrogen (secondary N) is 2. The number of benzene rings is 1. The predicted octanol–water partition coefficient (Wildman–Crippen LogP) is 3.75. The molecule has 3 rings (SSSR count). The van der Waals surface area contributed by atoms with Gasteiger partial charge in [0.05, 0.1) is 0 Å². The summed E-state index contributed by atoms with van der Waals surface area (Å²) in [6.45, 7) is 3.17. The molecular formula is C18H28BrIN4. The maximum absolute atomic E-state index is 4.38. The van der Waals surface area contributed by atoms with Crippen LogP contribution in [-0.4, -0.2) is 43.1 Å². The Labute approximate surface area is 171 Å². The highest BCUT2D eigenvalue weighted by atomic mass is 127. The molecule has 0 spiro atoms. The lowest BCUT2D eigenvalue weighted by atomic mass is 10.2. The van der Waals surface area contributed by atoms with E-state index < -0.39 is 0 Å². The van der Waals surface area contributed by atoms with Crippen molar-refractivity contribution in [1.29, 1.82) is 0 Å². The summed E-state index contributed by atoms with van der Waals surface area (Å²) in [6.07, 6.45) is 6.82. The minimum Gasteiger partial charge on any atom is -0.352 e. The number of rotatable bonds is 4. The van der Waals surface area contributed by atoms with Gasteiger partial charge in [0.15, 0.2) is 5.96 Å². The molecule has 1 aliphatic heterocycles. The Morgan fingerprint density at radius 1 is 1.29 bits per heavy atom. The first kappa shape index (κ1) is 20.0. The molecule has 1 heterocycles. The maximum atomic E-state index is 4.38. The summed E-state index contributed by atoms with van der Waals surface area (Å²) in [4.78, 5) is 7.05. The molecule has 6 heteroatoms. The van der Waals surface area contributed by atoms with Crippen molar-refractivity contribution < 1.29 is 0 Å². The lowest BCUT2D eigenvalue weighted by Gasteiger charge is -2.24. The highest BCUT2D eigenvalue weighted by Gasteiger charge is 2.30. The maximum Gasteiger partial charge on any atom is 0.191 e. The highest BCUT2D eigenvalue weighted by molar-refractivity contribution is 14.0. The zero-order valence-corrected chi connectivity index (χ0v) is 18.2. The van der Waals surface area contributed by atoms with E-state index in [2.05, 4.69) is 54.7 Å². The molecule has 1 aromatic carbocycles. The van der Waals surface area contributed by atoms with Crippen molar-refractivity contribution in [2.45, 2.75) is 50.7 Å². The fraction of sp³-hybridized carbons (Fsp3) is 0.611. The number of halogens is 2. The summed E-state index contributed by atoms with van der Waals surface area (Å²) < 4.78 is 1.11. The molecule has 1 unspecified atom stereocenters. The average Bonchev–Trinajstić information content (AvgIpc) is 3.22. The Morgan fingerprint density at radius 2 is 2.08 bits per heavy atom. The molecule has 1 atom stereocenters. The van der Waals surface area contributed by atoms with Gasteiger partial charge < -0.3 is 10.6 Å². The standard InChI is InChI=1S/C18H27BrN4.HI/c1-20-18(21-12-14-5-4-6-15(19)11-14)22-16-9-10-23(13-16)17-7-2-3-8-17;/h4-6,11,16-17H,2-3,7-10,12-13H2,1H3,(H2,20,21,22);1H. The molecule has 0 bridgehead atoms. The van der Waals surface area contributed by atoms with Crippen molar-refractivity contribution in [2.75, 3.05) is 20.1 Å². The summed E-state index contributed by atoms with van der Waals surface area (Å²) >= 11 is 3.52. The fourth-order valence-electron chi connectivity index (χ4n) is 3.73. The van der Waals surface area contributed by atoms with Crippen LogP contribution in [-0.2, 0) is 6.54 Å². The molecule has 2 N–H and O–H groups in total. The molecule has 1 saturated heterocycles.